The Labute approximate surface area is 190 Å². The smallest absolute Gasteiger partial charge is 0.246 e. The van der Waals surface area contributed by atoms with Crippen LogP contribution in [0, 0.1) is 0 Å². The van der Waals surface area contributed by atoms with Gasteiger partial charge in [0.1, 0.15) is 0 Å². The lowest BCUT2D eigenvalue weighted by molar-refractivity contribution is -0.126. The van der Waals surface area contributed by atoms with Crippen molar-refractivity contribution in [1.82, 2.24) is 9.88 Å². The van der Waals surface area contributed by atoms with Crippen LogP contribution in [0.15, 0.2) is 47.4 Å². The molecule has 3 aromatic rings. The number of anilines is 1. The minimum atomic E-state index is 0.0170. The molecule has 1 aromatic heterocycles. The molecule has 0 saturated carbocycles. The van der Waals surface area contributed by atoms with Crippen LogP contribution >= 0.6 is 23.1 Å². The van der Waals surface area contributed by atoms with Gasteiger partial charge in [-0.05, 0) is 48.2 Å². The number of carbonyl (C=O) groups is 1. The van der Waals surface area contributed by atoms with E-state index in [0.29, 0.717) is 24.6 Å². The molecule has 2 aromatic carbocycles. The summed E-state index contributed by atoms with van der Waals surface area (Å²) in [7, 11) is 3.20. The molecule has 0 atom stereocenters. The third kappa shape index (κ3) is 4.80. The van der Waals surface area contributed by atoms with Crippen LogP contribution in [0.4, 0.5) is 5.13 Å². The van der Waals surface area contributed by atoms with Gasteiger partial charge in [0, 0.05) is 37.2 Å². The first-order valence-corrected chi connectivity index (χ1v) is 12.0. The molecule has 1 aliphatic heterocycles. The zero-order valence-electron chi connectivity index (χ0n) is 17.8. The predicted octanol–water partition coefficient (Wildman–Crippen LogP) is 4.40. The van der Waals surface area contributed by atoms with Crippen molar-refractivity contribution in [3.8, 4) is 11.5 Å². The van der Waals surface area contributed by atoms with Crippen molar-refractivity contribution in [2.75, 3.05) is 51.6 Å². The molecule has 0 bridgehead atoms. The van der Waals surface area contributed by atoms with Gasteiger partial charge in [-0.1, -0.05) is 17.4 Å². The number of amides is 1. The van der Waals surface area contributed by atoms with E-state index in [1.807, 2.05) is 29.2 Å². The van der Waals surface area contributed by atoms with Crippen molar-refractivity contribution < 1.29 is 14.3 Å². The molecule has 1 amide bonds. The van der Waals surface area contributed by atoms with Crippen LogP contribution in [0.2, 0.25) is 0 Å². The van der Waals surface area contributed by atoms with E-state index in [2.05, 4.69) is 29.4 Å². The predicted molar refractivity (Wildman–Crippen MR) is 129 cm³/mol. The van der Waals surface area contributed by atoms with Gasteiger partial charge in [0.25, 0.3) is 0 Å². The number of fused-ring (bicyclic) bond motifs is 1. The lowest BCUT2D eigenvalue weighted by atomic mass is 10.2. The number of piperazine rings is 1. The number of carbonyl (C=O) groups excluding carboxylic acids is 1. The number of methoxy groups -OCH3 is 2. The minimum absolute atomic E-state index is 0.0170. The summed E-state index contributed by atoms with van der Waals surface area (Å²) in [6.45, 7) is 2.93. The Balaban J connectivity index is 1.37. The summed E-state index contributed by atoms with van der Waals surface area (Å²) in [4.78, 5) is 22.8. The minimum Gasteiger partial charge on any atom is -0.493 e. The maximum atomic E-state index is 12.7. The highest BCUT2D eigenvalue weighted by Crippen LogP contribution is 2.32. The van der Waals surface area contributed by atoms with Gasteiger partial charge in [-0.15, -0.1) is 11.8 Å². The van der Waals surface area contributed by atoms with Gasteiger partial charge in [-0.3, -0.25) is 4.79 Å². The van der Waals surface area contributed by atoms with Crippen LogP contribution in [0.5, 0.6) is 11.5 Å². The van der Waals surface area contributed by atoms with E-state index in [9.17, 15) is 4.79 Å². The normalized spacial score (nSPS) is 14.4. The fourth-order valence-corrected chi connectivity index (χ4v) is 5.07. The second kappa shape index (κ2) is 9.62. The Morgan fingerprint density at radius 1 is 1.06 bits per heavy atom. The standard InChI is InChI=1S/C23H25N3O3S2/c1-28-19-8-4-16(14-20(19)29-2)5-9-22(27)25-10-12-26(13-11-25)23-24-18-7-6-17(30-3)15-21(18)31-23/h4-9,14-15H,10-13H2,1-3H3. The SMILES string of the molecule is COc1ccc(C=CC(=O)N2CCN(c3nc4ccc(SC)cc4s3)CC2)cc1OC. The molecular weight excluding hydrogens is 430 g/mol. The van der Waals surface area contributed by atoms with E-state index in [0.717, 1.165) is 29.3 Å². The number of ether oxygens (including phenoxy) is 2. The first-order valence-electron chi connectivity index (χ1n) is 10.00. The van der Waals surface area contributed by atoms with E-state index in [4.69, 9.17) is 14.5 Å². The largest absolute Gasteiger partial charge is 0.493 e. The summed E-state index contributed by atoms with van der Waals surface area (Å²) in [5.41, 5.74) is 1.93. The molecule has 162 valence electrons. The highest BCUT2D eigenvalue weighted by Gasteiger charge is 2.22. The summed E-state index contributed by atoms with van der Waals surface area (Å²) < 4.78 is 11.8. The van der Waals surface area contributed by atoms with Crippen molar-refractivity contribution in [2.24, 2.45) is 0 Å². The van der Waals surface area contributed by atoms with Crippen molar-refractivity contribution in [2.45, 2.75) is 4.90 Å². The zero-order chi connectivity index (χ0) is 21.8. The lowest BCUT2D eigenvalue weighted by Crippen LogP contribution is -2.48. The number of thioether (sulfide) groups is 1. The molecule has 0 N–H and O–H groups in total. The highest BCUT2D eigenvalue weighted by molar-refractivity contribution is 7.98. The average molecular weight is 456 g/mol. The number of benzene rings is 2. The highest BCUT2D eigenvalue weighted by atomic mass is 32.2. The van der Waals surface area contributed by atoms with Crippen LogP contribution in [0.1, 0.15) is 5.56 Å². The summed E-state index contributed by atoms with van der Waals surface area (Å²) in [5.74, 6) is 1.33. The molecule has 31 heavy (non-hydrogen) atoms. The number of nitrogens with zero attached hydrogens (tertiary/aromatic N) is 3. The van der Waals surface area contributed by atoms with Crippen LogP contribution in [-0.2, 0) is 4.79 Å². The molecular formula is C23H25N3O3S2. The lowest BCUT2D eigenvalue weighted by Gasteiger charge is -2.34. The summed E-state index contributed by atoms with van der Waals surface area (Å²) >= 11 is 3.46. The van der Waals surface area contributed by atoms with Crippen molar-refractivity contribution in [3.63, 3.8) is 0 Å². The fraction of sp³-hybridized carbons (Fsp3) is 0.304. The third-order valence-electron chi connectivity index (χ3n) is 5.27. The van der Waals surface area contributed by atoms with E-state index >= 15 is 0 Å². The molecule has 2 heterocycles. The quantitative estimate of drug-likeness (QED) is 0.406. The number of hydrogen-bond acceptors (Lipinski definition) is 7. The molecule has 0 aliphatic carbocycles. The van der Waals surface area contributed by atoms with Crippen molar-refractivity contribution in [1.29, 1.82) is 0 Å². The number of hydrogen-bond donors (Lipinski definition) is 0. The van der Waals surface area contributed by atoms with Crippen LogP contribution < -0.4 is 14.4 Å². The summed E-state index contributed by atoms with van der Waals surface area (Å²) in [6.07, 6.45) is 5.52. The number of thiazole rings is 1. The molecule has 1 aliphatic rings. The van der Waals surface area contributed by atoms with Crippen LogP contribution in [0.25, 0.3) is 16.3 Å². The van der Waals surface area contributed by atoms with Crippen molar-refractivity contribution in [3.05, 3.63) is 48.0 Å². The Morgan fingerprint density at radius 2 is 1.84 bits per heavy atom. The maximum absolute atomic E-state index is 12.7. The van der Waals surface area contributed by atoms with E-state index in [1.54, 1.807) is 43.4 Å². The summed E-state index contributed by atoms with van der Waals surface area (Å²) in [5, 5.41) is 1.03. The second-order valence-electron chi connectivity index (χ2n) is 7.09. The van der Waals surface area contributed by atoms with Gasteiger partial charge in [-0.25, -0.2) is 4.98 Å². The molecule has 1 fully saturated rings. The molecule has 1 saturated heterocycles. The first-order chi connectivity index (χ1) is 15.1. The topological polar surface area (TPSA) is 54.9 Å². The van der Waals surface area contributed by atoms with Gasteiger partial charge in [-0.2, -0.15) is 0 Å². The van der Waals surface area contributed by atoms with Crippen LogP contribution in [0.3, 0.4) is 0 Å². The monoisotopic (exact) mass is 455 g/mol. The average Bonchev–Trinajstić information content (AvgIpc) is 3.25. The molecule has 0 unspecified atom stereocenters. The zero-order valence-corrected chi connectivity index (χ0v) is 19.5. The Morgan fingerprint density at radius 3 is 2.55 bits per heavy atom. The van der Waals surface area contributed by atoms with E-state index in [1.165, 1.54) is 9.60 Å². The van der Waals surface area contributed by atoms with Gasteiger partial charge in [0.2, 0.25) is 5.91 Å². The molecule has 6 nitrogen and oxygen atoms in total. The Bertz CT molecular complexity index is 1100. The van der Waals surface area contributed by atoms with E-state index in [-0.39, 0.29) is 5.91 Å². The fourth-order valence-electron chi connectivity index (χ4n) is 3.50. The molecule has 8 heteroatoms. The van der Waals surface area contributed by atoms with Crippen LogP contribution in [-0.4, -0.2) is 62.4 Å². The van der Waals surface area contributed by atoms with Gasteiger partial charge < -0.3 is 19.3 Å². The van der Waals surface area contributed by atoms with Gasteiger partial charge in [0.05, 0.1) is 24.4 Å². The number of aromatic nitrogens is 1. The second-order valence-corrected chi connectivity index (χ2v) is 8.98. The molecule has 0 radical (unpaired) electrons. The van der Waals surface area contributed by atoms with Crippen molar-refractivity contribution >= 4 is 50.4 Å². The maximum Gasteiger partial charge on any atom is 0.246 e. The Kier molecular flexibility index (Phi) is 6.67. The molecule has 4 rings (SSSR count). The molecule has 0 spiro atoms. The van der Waals surface area contributed by atoms with Gasteiger partial charge >= 0.3 is 0 Å². The summed E-state index contributed by atoms with van der Waals surface area (Å²) in [6, 6.07) is 12.0. The number of rotatable bonds is 6. The third-order valence-corrected chi connectivity index (χ3v) is 7.08. The van der Waals surface area contributed by atoms with Gasteiger partial charge in [0.15, 0.2) is 16.6 Å². The Hall–Kier alpha value is -2.71. The first kappa shape index (κ1) is 21.5. The van der Waals surface area contributed by atoms with E-state index < -0.39 is 0 Å².